The molecule has 3 amide bonds. The molecule has 3 aliphatic heterocycles. The van der Waals surface area contributed by atoms with Crippen LogP contribution >= 0.6 is 0 Å². The minimum atomic E-state index is -1.98. The van der Waals surface area contributed by atoms with Crippen molar-refractivity contribution in [3.8, 4) is 5.75 Å². The number of nitro benzene ring substituents is 1. The Kier molecular flexibility index (Phi) is 9.73. The van der Waals surface area contributed by atoms with Crippen molar-refractivity contribution < 1.29 is 43.4 Å². The highest BCUT2D eigenvalue weighted by molar-refractivity contribution is 6.23. The molecular weight excluding hydrogens is 732 g/mol. The molecule has 8 rings (SSSR count). The van der Waals surface area contributed by atoms with Crippen LogP contribution in [0.1, 0.15) is 46.0 Å². The van der Waals surface area contributed by atoms with Crippen molar-refractivity contribution in [2.24, 2.45) is 11.7 Å². The zero-order valence-electron chi connectivity index (χ0n) is 30.3. The van der Waals surface area contributed by atoms with Gasteiger partial charge in [-0.3, -0.25) is 29.4 Å². The molecule has 3 aliphatic rings. The first-order chi connectivity index (χ1) is 27.7. The van der Waals surface area contributed by atoms with Gasteiger partial charge >= 0.3 is 12.1 Å². The third-order valence-electron chi connectivity index (χ3n) is 10.9. The quantitative estimate of drug-likeness (QED) is 0.104. The predicted octanol–water partition coefficient (Wildman–Crippen LogP) is 5.45. The number of rotatable bonds is 10. The molecular formula is C43H36N4O10. The second-order valence-corrected chi connectivity index (χ2v) is 13.9. The van der Waals surface area contributed by atoms with E-state index in [2.05, 4.69) is 0 Å². The second-order valence-electron chi connectivity index (χ2n) is 13.9. The fraction of sp³-hybridized carbons (Fsp3) is 0.209. The van der Waals surface area contributed by atoms with Crippen molar-refractivity contribution in [3.63, 3.8) is 0 Å². The fourth-order valence-electron chi connectivity index (χ4n) is 8.71. The summed E-state index contributed by atoms with van der Waals surface area (Å²) in [6.45, 7) is -0.510. The zero-order chi connectivity index (χ0) is 39.8. The van der Waals surface area contributed by atoms with Crippen molar-refractivity contribution in [2.75, 3.05) is 18.1 Å². The van der Waals surface area contributed by atoms with E-state index >= 15 is 4.79 Å². The van der Waals surface area contributed by atoms with E-state index in [9.17, 15) is 29.6 Å². The van der Waals surface area contributed by atoms with E-state index in [-0.39, 0.29) is 36.8 Å². The molecule has 0 aliphatic carbocycles. The van der Waals surface area contributed by atoms with E-state index in [1.54, 1.807) is 48.5 Å². The maximum Gasteiger partial charge on any atom is 0.421 e. The Balaban J connectivity index is 1.32. The number of hydrogen-bond acceptors (Lipinski definition) is 11. The third-order valence-corrected chi connectivity index (χ3v) is 10.9. The lowest BCUT2D eigenvalue weighted by molar-refractivity contribution is -0.384. The number of nitrogens with zero attached hydrogens (tertiary/aromatic N) is 3. The highest BCUT2D eigenvalue weighted by atomic mass is 16.6. The first-order valence-corrected chi connectivity index (χ1v) is 18.2. The van der Waals surface area contributed by atoms with Crippen LogP contribution in [0, 0.1) is 16.0 Å². The molecule has 3 N–H and O–H groups in total. The summed E-state index contributed by atoms with van der Waals surface area (Å²) >= 11 is 0. The van der Waals surface area contributed by atoms with Crippen molar-refractivity contribution in [1.82, 2.24) is 4.90 Å². The van der Waals surface area contributed by atoms with Crippen LogP contribution in [0.3, 0.4) is 0 Å². The Morgan fingerprint density at radius 3 is 2.07 bits per heavy atom. The minimum absolute atomic E-state index is 0.0359. The first kappa shape index (κ1) is 37.0. The number of amides is 3. The van der Waals surface area contributed by atoms with E-state index in [1.165, 1.54) is 24.3 Å². The Bertz CT molecular complexity index is 2340. The monoisotopic (exact) mass is 768 g/mol. The number of aliphatic hydroxyl groups is 1. The maximum absolute atomic E-state index is 15.6. The molecule has 14 heteroatoms. The van der Waals surface area contributed by atoms with Gasteiger partial charge < -0.3 is 25.1 Å². The number of carbonyl (C=O) groups is 4. The summed E-state index contributed by atoms with van der Waals surface area (Å²) in [6, 6.07) is 34.0. The van der Waals surface area contributed by atoms with Crippen LogP contribution in [-0.2, 0) is 35.9 Å². The van der Waals surface area contributed by atoms with Crippen molar-refractivity contribution in [2.45, 2.75) is 36.3 Å². The average Bonchev–Trinajstić information content (AvgIpc) is 3.69. The summed E-state index contributed by atoms with van der Waals surface area (Å²) < 4.78 is 17.6. The van der Waals surface area contributed by atoms with E-state index < -0.39 is 64.4 Å². The molecule has 5 aromatic carbocycles. The number of nitrogens with two attached hydrogens (primary N) is 1. The largest absolute Gasteiger partial charge is 0.491 e. The summed E-state index contributed by atoms with van der Waals surface area (Å²) in [5.74, 6) is -3.69. The molecule has 5 aromatic rings. The van der Waals surface area contributed by atoms with Gasteiger partial charge in [-0.1, -0.05) is 91.0 Å². The van der Waals surface area contributed by atoms with Crippen LogP contribution in [0.2, 0.25) is 0 Å². The number of aliphatic hydroxyl groups excluding tert-OH is 1. The molecule has 0 saturated carbocycles. The van der Waals surface area contributed by atoms with Gasteiger partial charge in [0.05, 0.1) is 35.2 Å². The lowest BCUT2D eigenvalue weighted by atomic mass is 9.65. The van der Waals surface area contributed by atoms with Crippen LogP contribution < -0.4 is 15.4 Å². The lowest BCUT2D eigenvalue weighted by Gasteiger charge is -2.46. The molecule has 6 atom stereocenters. The van der Waals surface area contributed by atoms with Gasteiger partial charge in [-0.05, 0) is 58.1 Å². The summed E-state index contributed by atoms with van der Waals surface area (Å²) in [4.78, 5) is 71.9. The molecule has 0 bridgehead atoms. The second kappa shape index (κ2) is 15.0. The maximum atomic E-state index is 15.6. The van der Waals surface area contributed by atoms with E-state index in [0.29, 0.717) is 22.4 Å². The first-order valence-electron chi connectivity index (χ1n) is 18.2. The van der Waals surface area contributed by atoms with Crippen molar-refractivity contribution in [3.05, 3.63) is 171 Å². The van der Waals surface area contributed by atoms with Crippen molar-refractivity contribution in [1.29, 1.82) is 0 Å². The highest BCUT2D eigenvalue weighted by Crippen LogP contribution is 2.65. The van der Waals surface area contributed by atoms with Gasteiger partial charge in [0.25, 0.3) is 5.69 Å². The fourth-order valence-corrected chi connectivity index (χ4v) is 8.71. The summed E-state index contributed by atoms with van der Waals surface area (Å²) in [7, 11) is 0. The van der Waals surface area contributed by atoms with E-state index in [0.717, 1.165) is 10.5 Å². The number of esters is 1. The molecule has 1 spiro atoms. The van der Waals surface area contributed by atoms with Gasteiger partial charge in [0, 0.05) is 12.1 Å². The molecule has 3 heterocycles. The summed E-state index contributed by atoms with van der Waals surface area (Å²) in [5, 5.41) is 20.6. The number of benzene rings is 5. The lowest BCUT2D eigenvalue weighted by Crippen LogP contribution is -2.55. The molecule has 0 unspecified atom stereocenters. The zero-order valence-corrected chi connectivity index (χ0v) is 30.3. The van der Waals surface area contributed by atoms with Crippen LogP contribution in [0.15, 0.2) is 133 Å². The van der Waals surface area contributed by atoms with E-state index in [1.807, 2.05) is 65.6 Å². The van der Waals surface area contributed by atoms with Gasteiger partial charge in [-0.25, -0.2) is 9.69 Å². The Hall–Kier alpha value is -6.90. The van der Waals surface area contributed by atoms with Gasteiger partial charge in [-0.2, -0.15) is 0 Å². The third kappa shape index (κ3) is 6.15. The van der Waals surface area contributed by atoms with Gasteiger partial charge in [0.2, 0.25) is 11.8 Å². The Morgan fingerprint density at radius 1 is 0.807 bits per heavy atom. The molecule has 2 saturated heterocycles. The standard InChI is InChI=1S/C43H36N4O10/c44-39(49)34-36-40(50)57-37(28-11-5-2-6-12-28)35(27-9-3-1-4-10-27)46(36)38(29-17-21-31(22-18-29)55-24-23-48)43(34)32-13-7-8-14-33(32)45(41(43)51)42(52)56-25-26-15-19-30(20-16-26)47(53)54/h1-22,34-38,48H,23-25H2,(H2,44,49)/t34-,35-,36-,37+,38+,43-/m0/s1. The number of fused-ring (bicyclic) bond motifs is 3. The van der Waals surface area contributed by atoms with Crippen molar-refractivity contribution >= 4 is 35.3 Å². The topological polar surface area (TPSA) is 192 Å². The average molecular weight is 769 g/mol. The number of morpholine rings is 1. The summed E-state index contributed by atoms with van der Waals surface area (Å²) in [5.41, 5.74) is 6.96. The SMILES string of the molecule is NC(=O)[C@@H]1[C@H]2C(=O)O[C@H](c3ccccc3)[C@H](c3ccccc3)N2[C@H](c2ccc(OCCO)cc2)[C@@]12C(=O)N(C(=O)OCc1ccc([N+](=O)[O-])cc1)c1ccccc12. The highest BCUT2D eigenvalue weighted by Gasteiger charge is 2.75. The molecule has 0 radical (unpaired) electrons. The van der Waals surface area contributed by atoms with Gasteiger partial charge in [0.1, 0.15) is 36.5 Å². The number of non-ortho nitro benzene ring substituents is 1. The van der Waals surface area contributed by atoms with Crippen LogP contribution in [-0.4, -0.2) is 58.1 Å². The smallest absolute Gasteiger partial charge is 0.421 e. The van der Waals surface area contributed by atoms with Crippen LogP contribution in [0.5, 0.6) is 5.75 Å². The number of primary amides is 1. The van der Waals surface area contributed by atoms with Crippen LogP contribution in [0.4, 0.5) is 16.2 Å². The van der Waals surface area contributed by atoms with E-state index in [4.69, 9.17) is 19.9 Å². The number of ether oxygens (including phenoxy) is 3. The molecule has 14 nitrogen and oxygen atoms in total. The van der Waals surface area contributed by atoms with Gasteiger partial charge in [-0.15, -0.1) is 0 Å². The number of cyclic esters (lactones) is 1. The number of imide groups is 1. The molecule has 0 aromatic heterocycles. The normalized spacial score (nSPS) is 23.7. The molecule has 2 fully saturated rings. The molecule has 57 heavy (non-hydrogen) atoms. The van der Waals surface area contributed by atoms with Gasteiger partial charge in [0.15, 0.2) is 0 Å². The number of carbonyl (C=O) groups excluding carboxylic acids is 4. The van der Waals surface area contributed by atoms with Crippen LogP contribution in [0.25, 0.3) is 0 Å². The predicted molar refractivity (Wildman–Crippen MR) is 203 cm³/mol. The Morgan fingerprint density at radius 2 is 1.44 bits per heavy atom. The molecule has 288 valence electrons. The Labute approximate surface area is 326 Å². The number of anilines is 1. The number of para-hydroxylation sites is 1. The number of nitro groups is 1. The minimum Gasteiger partial charge on any atom is -0.491 e. The number of hydrogen-bond donors (Lipinski definition) is 2. The summed E-state index contributed by atoms with van der Waals surface area (Å²) in [6.07, 6.45) is -1.96.